The second-order valence-corrected chi connectivity index (χ2v) is 7.26. The van der Waals surface area contributed by atoms with Crippen LogP contribution < -0.4 is 10.0 Å². The smallest absolute Gasteiger partial charge is 0.238 e. The number of nitrogens with two attached hydrogens (primary N) is 1. The first-order valence-electron chi connectivity index (χ1n) is 6.47. The Hall–Kier alpha value is -1.07. The van der Waals surface area contributed by atoms with Gasteiger partial charge in [0.05, 0.1) is 10.9 Å². The van der Waals surface area contributed by atoms with E-state index in [1.807, 2.05) is 24.3 Å². The number of benzene rings is 1. The molecule has 1 aliphatic carbocycles. The molecule has 0 spiro atoms. The molecule has 1 fully saturated rings. The lowest BCUT2D eigenvalue weighted by atomic mass is 10.0. The van der Waals surface area contributed by atoms with Gasteiger partial charge in [0.1, 0.15) is 0 Å². The second-order valence-electron chi connectivity index (χ2n) is 5.12. The van der Waals surface area contributed by atoms with Gasteiger partial charge < -0.3 is 5.73 Å². The minimum absolute atomic E-state index is 0.0550. The Balaban J connectivity index is 2.08. The lowest BCUT2D eigenvalue weighted by molar-refractivity contribution is 0.585. The molecule has 0 bridgehead atoms. The Morgan fingerprint density at radius 2 is 1.89 bits per heavy atom. The highest BCUT2D eigenvalue weighted by atomic mass is 32.2. The summed E-state index contributed by atoms with van der Waals surface area (Å²) in [6, 6.07) is 7.57. The molecule has 5 heteroatoms. The first-order chi connectivity index (χ1) is 8.60. The molecule has 0 saturated heterocycles. The zero-order chi connectivity index (χ0) is 12.8. The number of fused-ring (bicyclic) bond motifs is 1. The zero-order valence-corrected chi connectivity index (χ0v) is 11.1. The predicted molar refractivity (Wildman–Crippen MR) is 71.9 cm³/mol. The van der Waals surface area contributed by atoms with Crippen LogP contribution in [0.1, 0.15) is 37.3 Å². The third-order valence-electron chi connectivity index (χ3n) is 3.73. The Bertz CT molecular complexity index is 552. The third kappa shape index (κ3) is 1.91. The molecular formula is C13H18N2O2S. The van der Waals surface area contributed by atoms with Gasteiger partial charge in [0.15, 0.2) is 0 Å². The standard InChI is InChI=1S/C13H18N2O2S/c14-12-5-3-9-15(18(16,17)10-7-8-10)13-6-2-1-4-11(12)13/h1-2,4,6,10,12H,3,5,7-9,14H2. The van der Waals surface area contributed by atoms with Gasteiger partial charge in [-0.05, 0) is 37.3 Å². The van der Waals surface area contributed by atoms with E-state index in [9.17, 15) is 8.42 Å². The minimum Gasteiger partial charge on any atom is -0.324 e. The van der Waals surface area contributed by atoms with E-state index in [2.05, 4.69) is 0 Å². The van der Waals surface area contributed by atoms with Crippen molar-refractivity contribution in [3.8, 4) is 0 Å². The molecule has 2 N–H and O–H groups in total. The third-order valence-corrected chi connectivity index (χ3v) is 6.04. The van der Waals surface area contributed by atoms with Gasteiger partial charge in [-0.15, -0.1) is 0 Å². The van der Waals surface area contributed by atoms with E-state index in [1.54, 1.807) is 4.31 Å². The molecule has 1 aromatic carbocycles. The molecule has 1 aromatic rings. The molecule has 1 heterocycles. The fraction of sp³-hybridized carbons (Fsp3) is 0.538. The van der Waals surface area contributed by atoms with Crippen molar-refractivity contribution in [2.24, 2.45) is 5.73 Å². The van der Waals surface area contributed by atoms with Gasteiger partial charge in [-0.3, -0.25) is 4.31 Å². The molecule has 18 heavy (non-hydrogen) atoms. The monoisotopic (exact) mass is 266 g/mol. The molecule has 0 radical (unpaired) electrons. The fourth-order valence-corrected chi connectivity index (χ4v) is 4.48. The Kier molecular flexibility index (Phi) is 2.83. The molecular weight excluding hydrogens is 248 g/mol. The Labute approximate surface area is 108 Å². The van der Waals surface area contributed by atoms with Gasteiger partial charge in [0, 0.05) is 12.6 Å². The van der Waals surface area contributed by atoms with E-state index in [0.29, 0.717) is 6.54 Å². The van der Waals surface area contributed by atoms with Crippen LogP contribution in [0.4, 0.5) is 5.69 Å². The van der Waals surface area contributed by atoms with Gasteiger partial charge in [0.25, 0.3) is 0 Å². The summed E-state index contributed by atoms with van der Waals surface area (Å²) in [6.07, 6.45) is 3.26. The minimum atomic E-state index is -3.17. The first kappa shape index (κ1) is 12.0. The molecule has 1 unspecified atom stereocenters. The summed E-state index contributed by atoms with van der Waals surface area (Å²) in [5, 5.41) is -0.167. The van der Waals surface area contributed by atoms with E-state index in [4.69, 9.17) is 5.73 Å². The number of hydrogen-bond acceptors (Lipinski definition) is 3. The summed E-state index contributed by atoms with van der Waals surface area (Å²) >= 11 is 0. The van der Waals surface area contributed by atoms with E-state index < -0.39 is 10.0 Å². The summed E-state index contributed by atoms with van der Waals surface area (Å²) in [5.74, 6) is 0. The number of para-hydroxylation sites is 1. The second kappa shape index (κ2) is 4.24. The average molecular weight is 266 g/mol. The lowest BCUT2D eigenvalue weighted by Gasteiger charge is -2.24. The van der Waals surface area contributed by atoms with Crippen LogP contribution in [0.25, 0.3) is 0 Å². The number of nitrogens with zero attached hydrogens (tertiary/aromatic N) is 1. The maximum atomic E-state index is 12.5. The van der Waals surface area contributed by atoms with Crippen LogP contribution in [-0.2, 0) is 10.0 Å². The highest BCUT2D eigenvalue weighted by Crippen LogP contribution is 2.38. The molecule has 2 aliphatic rings. The van der Waals surface area contributed by atoms with Gasteiger partial charge >= 0.3 is 0 Å². The van der Waals surface area contributed by atoms with Crippen molar-refractivity contribution >= 4 is 15.7 Å². The summed E-state index contributed by atoms with van der Waals surface area (Å²) in [7, 11) is -3.17. The number of rotatable bonds is 2. The topological polar surface area (TPSA) is 63.4 Å². The Morgan fingerprint density at radius 3 is 2.61 bits per heavy atom. The van der Waals surface area contributed by atoms with E-state index in [0.717, 1.165) is 36.9 Å². The predicted octanol–water partition coefficient (Wildman–Crippen LogP) is 1.78. The van der Waals surface area contributed by atoms with Crippen LogP contribution in [0.15, 0.2) is 24.3 Å². The highest BCUT2D eigenvalue weighted by molar-refractivity contribution is 7.93. The maximum Gasteiger partial charge on any atom is 0.238 e. The van der Waals surface area contributed by atoms with Crippen LogP contribution in [0.2, 0.25) is 0 Å². The van der Waals surface area contributed by atoms with E-state index >= 15 is 0 Å². The first-order valence-corrected chi connectivity index (χ1v) is 7.97. The summed E-state index contributed by atoms with van der Waals surface area (Å²) in [5.41, 5.74) is 7.87. The molecule has 1 aliphatic heterocycles. The van der Waals surface area contributed by atoms with Gasteiger partial charge in [-0.25, -0.2) is 8.42 Å². The molecule has 1 atom stereocenters. The van der Waals surface area contributed by atoms with Crippen molar-refractivity contribution in [2.75, 3.05) is 10.8 Å². The van der Waals surface area contributed by atoms with E-state index in [1.165, 1.54) is 0 Å². The van der Waals surface area contributed by atoms with Gasteiger partial charge in [0.2, 0.25) is 10.0 Å². The van der Waals surface area contributed by atoms with Crippen molar-refractivity contribution in [3.63, 3.8) is 0 Å². The number of hydrogen-bond donors (Lipinski definition) is 1. The van der Waals surface area contributed by atoms with Crippen molar-refractivity contribution in [1.29, 1.82) is 0 Å². The van der Waals surface area contributed by atoms with E-state index in [-0.39, 0.29) is 11.3 Å². The largest absolute Gasteiger partial charge is 0.324 e. The maximum absolute atomic E-state index is 12.5. The summed E-state index contributed by atoms with van der Waals surface area (Å²) < 4.78 is 26.5. The number of sulfonamides is 1. The zero-order valence-electron chi connectivity index (χ0n) is 10.2. The average Bonchev–Trinajstić information content (AvgIpc) is 3.17. The van der Waals surface area contributed by atoms with Crippen LogP contribution in [0.3, 0.4) is 0 Å². The Morgan fingerprint density at radius 1 is 1.17 bits per heavy atom. The highest BCUT2D eigenvalue weighted by Gasteiger charge is 2.41. The fourth-order valence-electron chi connectivity index (χ4n) is 2.57. The normalized spacial score (nSPS) is 24.5. The molecule has 0 amide bonds. The van der Waals surface area contributed by atoms with Crippen LogP contribution >= 0.6 is 0 Å². The molecule has 98 valence electrons. The lowest BCUT2D eigenvalue weighted by Crippen LogP contribution is -2.34. The van der Waals surface area contributed by atoms with Crippen molar-refractivity contribution in [2.45, 2.75) is 37.0 Å². The van der Waals surface area contributed by atoms with Crippen molar-refractivity contribution in [3.05, 3.63) is 29.8 Å². The summed E-state index contributed by atoms with van der Waals surface area (Å²) in [4.78, 5) is 0. The molecule has 4 nitrogen and oxygen atoms in total. The quantitative estimate of drug-likeness (QED) is 0.887. The van der Waals surface area contributed by atoms with Crippen molar-refractivity contribution < 1.29 is 8.42 Å². The van der Waals surface area contributed by atoms with Crippen LogP contribution in [0.5, 0.6) is 0 Å². The molecule has 3 rings (SSSR count). The molecule has 1 saturated carbocycles. The van der Waals surface area contributed by atoms with Gasteiger partial charge in [-0.2, -0.15) is 0 Å². The van der Waals surface area contributed by atoms with Crippen LogP contribution in [0, 0.1) is 0 Å². The number of anilines is 1. The summed E-state index contributed by atoms with van der Waals surface area (Å²) in [6.45, 7) is 0.559. The van der Waals surface area contributed by atoms with Crippen LogP contribution in [-0.4, -0.2) is 20.2 Å². The molecule has 0 aromatic heterocycles. The van der Waals surface area contributed by atoms with Crippen molar-refractivity contribution in [1.82, 2.24) is 0 Å². The SMILES string of the molecule is NC1CCCN(S(=O)(=O)C2CC2)c2ccccc21. The van der Waals surface area contributed by atoms with Gasteiger partial charge in [-0.1, -0.05) is 18.2 Å².